The summed E-state index contributed by atoms with van der Waals surface area (Å²) in [6, 6.07) is 13.7. The van der Waals surface area contributed by atoms with Gasteiger partial charge in [-0.2, -0.15) is 0 Å². The van der Waals surface area contributed by atoms with Gasteiger partial charge in [0, 0.05) is 15.7 Å². The van der Waals surface area contributed by atoms with Crippen LogP contribution in [-0.2, 0) is 0 Å². The molecule has 1 radical (unpaired) electrons. The van der Waals surface area contributed by atoms with Crippen molar-refractivity contribution in [1.82, 2.24) is 0 Å². The molecule has 0 atom stereocenters. The lowest BCUT2D eigenvalue weighted by atomic mass is 10.0. The number of nitro benzene ring substituents is 1. The van der Waals surface area contributed by atoms with Crippen LogP contribution >= 0.6 is 22.6 Å². The number of nitrogens with zero attached hydrogens (tertiary/aromatic N) is 1. The van der Waals surface area contributed by atoms with Crippen molar-refractivity contribution in [2.24, 2.45) is 0 Å². The van der Waals surface area contributed by atoms with Crippen LogP contribution in [0.2, 0.25) is 0 Å². The molecule has 0 bridgehead atoms. The van der Waals surface area contributed by atoms with Gasteiger partial charge in [-0.3, -0.25) is 10.1 Å². The Morgan fingerprint density at radius 3 is 2.82 bits per heavy atom. The normalized spacial score (nSPS) is 10.2. The third-order valence-electron chi connectivity index (χ3n) is 2.41. The summed E-state index contributed by atoms with van der Waals surface area (Å²) < 4.78 is 1.04. The van der Waals surface area contributed by atoms with E-state index < -0.39 is 0 Å². The Kier molecular flexibility index (Phi) is 3.42. The topological polar surface area (TPSA) is 43.1 Å². The number of hydrogen-bond acceptors (Lipinski definition) is 2. The summed E-state index contributed by atoms with van der Waals surface area (Å²) in [6.45, 7) is 1.96. The second-order valence-corrected chi connectivity index (χ2v) is 4.85. The van der Waals surface area contributed by atoms with Gasteiger partial charge in [0.2, 0.25) is 0 Å². The third kappa shape index (κ3) is 2.63. The summed E-state index contributed by atoms with van der Waals surface area (Å²) in [6.07, 6.45) is 0. The fraction of sp³-hybridized carbons (Fsp3) is 0.0769. The van der Waals surface area contributed by atoms with Crippen LogP contribution in [0.4, 0.5) is 5.69 Å². The first kappa shape index (κ1) is 12.0. The molecule has 0 saturated carbocycles. The molecule has 2 aromatic rings. The van der Waals surface area contributed by atoms with Gasteiger partial charge in [0.05, 0.1) is 4.92 Å². The molecule has 0 saturated heterocycles. The van der Waals surface area contributed by atoms with Gasteiger partial charge in [-0.15, -0.1) is 0 Å². The van der Waals surface area contributed by atoms with Gasteiger partial charge < -0.3 is 0 Å². The molecule has 3 nitrogen and oxygen atoms in total. The van der Waals surface area contributed by atoms with Crippen molar-refractivity contribution in [2.45, 2.75) is 6.92 Å². The van der Waals surface area contributed by atoms with E-state index in [9.17, 15) is 10.1 Å². The zero-order valence-corrected chi connectivity index (χ0v) is 11.3. The van der Waals surface area contributed by atoms with Gasteiger partial charge in [-0.25, -0.2) is 0 Å². The van der Waals surface area contributed by atoms with Gasteiger partial charge in [-0.1, -0.05) is 12.1 Å². The minimum Gasteiger partial charge on any atom is -0.258 e. The monoisotopic (exact) mass is 338 g/mol. The summed E-state index contributed by atoms with van der Waals surface area (Å²) in [4.78, 5) is 10.4. The lowest BCUT2D eigenvalue weighted by molar-refractivity contribution is -0.384. The van der Waals surface area contributed by atoms with E-state index in [-0.39, 0.29) is 10.6 Å². The molecule has 0 amide bonds. The van der Waals surface area contributed by atoms with Crippen molar-refractivity contribution >= 4 is 28.3 Å². The van der Waals surface area contributed by atoms with E-state index >= 15 is 0 Å². The van der Waals surface area contributed by atoms with Crippen molar-refractivity contribution in [3.63, 3.8) is 0 Å². The van der Waals surface area contributed by atoms with Crippen LogP contribution in [0.1, 0.15) is 5.56 Å². The van der Waals surface area contributed by atoms with Crippen molar-refractivity contribution in [1.29, 1.82) is 0 Å². The number of aryl methyl sites for hydroxylation is 1. The van der Waals surface area contributed by atoms with Gasteiger partial charge in [0.15, 0.2) is 0 Å². The molecule has 17 heavy (non-hydrogen) atoms. The summed E-state index contributed by atoms with van der Waals surface area (Å²) in [5, 5.41) is 10.7. The Balaban J connectivity index is 2.56. The Hall–Kier alpha value is -1.43. The van der Waals surface area contributed by atoms with Crippen LogP contribution in [0.15, 0.2) is 36.4 Å². The smallest absolute Gasteiger partial charge is 0.258 e. The predicted molar refractivity (Wildman–Crippen MR) is 74.8 cm³/mol. The molecule has 0 spiro atoms. The number of non-ortho nitro benzene ring substituents is 1. The highest BCUT2D eigenvalue weighted by molar-refractivity contribution is 14.1. The Morgan fingerprint density at radius 1 is 1.35 bits per heavy atom. The lowest BCUT2D eigenvalue weighted by Crippen LogP contribution is -1.89. The highest BCUT2D eigenvalue weighted by Crippen LogP contribution is 2.28. The number of halogens is 1. The zero-order chi connectivity index (χ0) is 12.4. The molecule has 0 fully saturated rings. The van der Waals surface area contributed by atoms with Gasteiger partial charge in [0.1, 0.15) is 0 Å². The second kappa shape index (κ2) is 4.83. The summed E-state index contributed by atoms with van der Waals surface area (Å²) in [7, 11) is 0. The molecule has 0 heterocycles. The number of nitro groups is 1. The number of rotatable bonds is 2. The lowest BCUT2D eigenvalue weighted by Gasteiger charge is -2.05. The molecule has 4 heteroatoms. The largest absolute Gasteiger partial charge is 0.270 e. The Morgan fingerprint density at radius 2 is 2.12 bits per heavy atom. The van der Waals surface area contributed by atoms with Crippen molar-refractivity contribution in [3.8, 4) is 11.1 Å². The molecule has 0 aliphatic rings. The summed E-state index contributed by atoms with van der Waals surface area (Å²) in [5.74, 6) is 0. The maximum atomic E-state index is 10.7. The first-order valence-electron chi connectivity index (χ1n) is 5.00. The van der Waals surface area contributed by atoms with E-state index in [0.717, 1.165) is 20.3 Å². The summed E-state index contributed by atoms with van der Waals surface area (Å²) in [5.41, 5.74) is 3.00. The Labute approximate surface area is 113 Å². The molecule has 0 aliphatic heterocycles. The first-order chi connectivity index (χ1) is 8.08. The molecule has 85 valence electrons. The maximum Gasteiger partial charge on any atom is 0.270 e. The second-order valence-electron chi connectivity index (χ2n) is 3.69. The van der Waals surface area contributed by atoms with E-state index in [2.05, 4.69) is 28.7 Å². The van der Waals surface area contributed by atoms with Crippen LogP contribution in [-0.4, -0.2) is 4.92 Å². The standard InChI is InChI=1S/C13H9INO2/c1-9-5-6-13(14)12(7-9)10-3-2-4-11(8-10)15(16)17/h2-4,6-8H,1H3. The average molecular weight is 338 g/mol. The van der Waals surface area contributed by atoms with Crippen molar-refractivity contribution in [3.05, 3.63) is 61.7 Å². The average Bonchev–Trinajstić information content (AvgIpc) is 2.32. The minimum atomic E-state index is -0.377. The molecule has 2 rings (SSSR count). The van der Waals surface area contributed by atoms with E-state index in [1.54, 1.807) is 12.1 Å². The minimum absolute atomic E-state index is 0.115. The summed E-state index contributed by atoms with van der Waals surface area (Å²) >= 11 is 2.21. The van der Waals surface area contributed by atoms with E-state index in [0.29, 0.717) is 0 Å². The molecule has 0 N–H and O–H groups in total. The van der Waals surface area contributed by atoms with Gasteiger partial charge >= 0.3 is 0 Å². The molecule has 2 aromatic carbocycles. The molecule has 0 aliphatic carbocycles. The number of hydrogen-bond donors (Lipinski definition) is 0. The van der Waals surface area contributed by atoms with E-state index in [1.807, 2.05) is 25.1 Å². The quantitative estimate of drug-likeness (QED) is 0.472. The van der Waals surface area contributed by atoms with Crippen LogP contribution < -0.4 is 0 Å². The van der Waals surface area contributed by atoms with Crippen LogP contribution in [0.3, 0.4) is 0 Å². The number of benzene rings is 2. The van der Waals surface area contributed by atoms with Crippen molar-refractivity contribution in [2.75, 3.05) is 0 Å². The Bertz CT molecular complexity index is 581. The molecular weight excluding hydrogens is 329 g/mol. The highest BCUT2D eigenvalue weighted by Gasteiger charge is 2.09. The molecular formula is C13H9INO2. The van der Waals surface area contributed by atoms with Crippen molar-refractivity contribution < 1.29 is 4.92 Å². The fourth-order valence-electron chi connectivity index (χ4n) is 1.59. The fourth-order valence-corrected chi connectivity index (χ4v) is 2.21. The van der Waals surface area contributed by atoms with Crippen LogP contribution in [0, 0.1) is 26.7 Å². The molecule has 0 aromatic heterocycles. The van der Waals surface area contributed by atoms with E-state index in [1.165, 1.54) is 6.07 Å². The SMILES string of the molecule is Cc1[c]cc(I)c(-c2cccc([N+](=O)[O-])c2)c1. The van der Waals surface area contributed by atoms with Crippen LogP contribution in [0.5, 0.6) is 0 Å². The third-order valence-corrected chi connectivity index (χ3v) is 3.31. The van der Waals surface area contributed by atoms with Gasteiger partial charge in [-0.05, 0) is 64.4 Å². The van der Waals surface area contributed by atoms with E-state index in [4.69, 9.17) is 0 Å². The van der Waals surface area contributed by atoms with Crippen LogP contribution in [0.25, 0.3) is 11.1 Å². The predicted octanol–water partition coefficient (Wildman–Crippen LogP) is 3.98. The maximum absolute atomic E-state index is 10.7. The molecule has 0 unspecified atom stereocenters. The highest BCUT2D eigenvalue weighted by atomic mass is 127. The zero-order valence-electron chi connectivity index (χ0n) is 9.11. The first-order valence-corrected chi connectivity index (χ1v) is 6.08. The van der Waals surface area contributed by atoms with Gasteiger partial charge in [0.25, 0.3) is 5.69 Å².